The van der Waals surface area contributed by atoms with Gasteiger partial charge in [0.25, 0.3) is 0 Å². The Morgan fingerprint density at radius 1 is 1.07 bits per heavy atom. The zero-order chi connectivity index (χ0) is 19.1. The average molecular weight is 388 g/mol. The van der Waals surface area contributed by atoms with Crippen molar-refractivity contribution < 1.29 is 9.59 Å². The topological polar surface area (TPSA) is 61.8 Å². The minimum absolute atomic E-state index is 0.221. The molecular formula is C21H29N3O2S. The van der Waals surface area contributed by atoms with Crippen molar-refractivity contribution in [3.05, 3.63) is 23.3 Å². The Kier molecular flexibility index (Phi) is 7.33. The number of hydrogen-bond acceptors (Lipinski definition) is 4. The summed E-state index contributed by atoms with van der Waals surface area (Å²) in [6.07, 6.45) is 17.3. The van der Waals surface area contributed by atoms with Gasteiger partial charge >= 0.3 is 0 Å². The summed E-state index contributed by atoms with van der Waals surface area (Å²) in [5, 5.41) is 2.88. The van der Waals surface area contributed by atoms with Gasteiger partial charge in [-0.15, -0.1) is 0 Å². The van der Waals surface area contributed by atoms with Gasteiger partial charge in [0.15, 0.2) is 11.0 Å². The van der Waals surface area contributed by atoms with E-state index in [4.69, 9.17) is 12.2 Å². The molecule has 5 nitrogen and oxygen atoms in total. The van der Waals surface area contributed by atoms with Crippen LogP contribution in [0, 0.1) is 5.92 Å². The zero-order valence-electron chi connectivity index (χ0n) is 15.9. The molecule has 0 spiro atoms. The molecule has 1 saturated heterocycles. The lowest BCUT2D eigenvalue weighted by atomic mass is 9.96. The van der Waals surface area contributed by atoms with Crippen LogP contribution in [0.3, 0.4) is 0 Å². The van der Waals surface area contributed by atoms with E-state index in [1.165, 1.54) is 47.9 Å². The van der Waals surface area contributed by atoms with Crippen LogP contribution in [0.4, 0.5) is 0 Å². The first-order chi connectivity index (χ1) is 13.1. The molecule has 0 aromatic heterocycles. The maximum atomic E-state index is 12.8. The minimum atomic E-state index is -0.864. The number of carbonyl (C=O) groups is 2. The van der Waals surface area contributed by atoms with Crippen LogP contribution in [0.5, 0.6) is 0 Å². The van der Waals surface area contributed by atoms with E-state index in [-0.39, 0.29) is 16.9 Å². The summed E-state index contributed by atoms with van der Waals surface area (Å²) in [5.74, 6) is -1.48. The van der Waals surface area contributed by atoms with Gasteiger partial charge in [-0.3, -0.25) is 19.5 Å². The maximum absolute atomic E-state index is 12.8. The quantitative estimate of drug-likeness (QED) is 0.314. The second kappa shape index (κ2) is 9.93. The molecule has 3 aliphatic rings. The van der Waals surface area contributed by atoms with Crippen molar-refractivity contribution in [1.82, 2.24) is 10.2 Å². The van der Waals surface area contributed by atoms with Gasteiger partial charge in [-0.05, 0) is 76.4 Å². The van der Waals surface area contributed by atoms with E-state index >= 15 is 0 Å². The van der Waals surface area contributed by atoms with Crippen molar-refractivity contribution in [2.75, 3.05) is 13.1 Å². The number of nitrogens with one attached hydrogen (secondary N) is 1. The predicted molar refractivity (Wildman–Crippen MR) is 112 cm³/mol. The highest BCUT2D eigenvalue weighted by Crippen LogP contribution is 2.22. The molecule has 6 heteroatoms. The van der Waals surface area contributed by atoms with Crippen LogP contribution in [-0.2, 0) is 9.59 Å². The lowest BCUT2D eigenvalue weighted by Gasteiger charge is -2.31. The Bertz CT molecular complexity index is 681. The molecule has 1 unspecified atom stereocenters. The van der Waals surface area contributed by atoms with Gasteiger partial charge in [-0.25, -0.2) is 0 Å². The maximum Gasteiger partial charge on any atom is 0.246 e. The molecule has 0 aromatic rings. The third kappa shape index (κ3) is 5.58. The molecule has 1 aliphatic heterocycles. The molecular weight excluding hydrogens is 358 g/mol. The van der Waals surface area contributed by atoms with Crippen LogP contribution >= 0.6 is 12.2 Å². The number of allylic oxidation sites excluding steroid dienone is 2. The molecule has 0 radical (unpaired) electrons. The largest absolute Gasteiger partial charge is 0.302 e. The Labute approximate surface area is 167 Å². The highest BCUT2D eigenvalue weighted by molar-refractivity contribution is 7.80. The van der Waals surface area contributed by atoms with E-state index in [2.05, 4.69) is 22.5 Å². The van der Waals surface area contributed by atoms with Crippen molar-refractivity contribution in [2.24, 2.45) is 10.9 Å². The fourth-order valence-electron chi connectivity index (χ4n) is 3.88. The summed E-state index contributed by atoms with van der Waals surface area (Å²) in [6.45, 7) is 1.15. The molecule has 27 heavy (non-hydrogen) atoms. The molecule has 1 heterocycles. The first-order valence-electron chi connectivity index (χ1n) is 10.2. The van der Waals surface area contributed by atoms with Gasteiger partial charge in [0, 0.05) is 19.3 Å². The first kappa shape index (κ1) is 19.9. The fourth-order valence-corrected chi connectivity index (χ4v) is 4.16. The van der Waals surface area contributed by atoms with Crippen LogP contribution < -0.4 is 5.32 Å². The molecule has 3 rings (SSSR count). The number of carbonyl (C=O) groups excluding carboxylic acids is 2. The summed E-state index contributed by atoms with van der Waals surface area (Å²) in [4.78, 5) is 30.9. The third-order valence-electron chi connectivity index (χ3n) is 5.53. The zero-order valence-corrected chi connectivity index (χ0v) is 16.7. The number of aliphatic imine (C=N–C) groups is 1. The standard InChI is InChI=1S/C21H29N3O2S/c25-19-18(15-22-13-11-16-7-3-1-4-8-16)20(26)24(21(27)23-19)14-12-17-9-5-2-6-10-17/h7,9,15,18H,1-6,8,10-14H2,(H,23,25,27). The lowest BCUT2D eigenvalue weighted by molar-refractivity contribution is -0.137. The number of amides is 2. The highest BCUT2D eigenvalue weighted by Gasteiger charge is 2.37. The van der Waals surface area contributed by atoms with Crippen LogP contribution in [-0.4, -0.2) is 41.1 Å². The van der Waals surface area contributed by atoms with E-state index in [0.717, 1.165) is 38.5 Å². The molecule has 2 aliphatic carbocycles. The number of nitrogens with zero attached hydrogens (tertiary/aromatic N) is 2. The number of rotatable bonds is 7. The fraction of sp³-hybridized carbons (Fsp3) is 0.619. The van der Waals surface area contributed by atoms with E-state index in [1.807, 2.05) is 0 Å². The first-order valence-corrected chi connectivity index (χ1v) is 10.6. The molecule has 0 bridgehead atoms. The molecule has 1 fully saturated rings. The van der Waals surface area contributed by atoms with E-state index in [1.54, 1.807) is 0 Å². The van der Waals surface area contributed by atoms with E-state index in [0.29, 0.717) is 13.1 Å². The molecule has 1 atom stereocenters. The van der Waals surface area contributed by atoms with Crippen LogP contribution in [0.25, 0.3) is 0 Å². The van der Waals surface area contributed by atoms with Gasteiger partial charge < -0.3 is 5.32 Å². The molecule has 146 valence electrons. The van der Waals surface area contributed by atoms with Gasteiger partial charge in [-0.1, -0.05) is 23.3 Å². The molecule has 2 amide bonds. The normalized spacial score (nSPS) is 24.1. The lowest BCUT2D eigenvalue weighted by Crippen LogP contribution is -2.58. The van der Waals surface area contributed by atoms with E-state index < -0.39 is 5.92 Å². The van der Waals surface area contributed by atoms with Crippen LogP contribution in [0.1, 0.15) is 64.2 Å². The smallest absolute Gasteiger partial charge is 0.246 e. The van der Waals surface area contributed by atoms with Crippen molar-refractivity contribution in [1.29, 1.82) is 0 Å². The van der Waals surface area contributed by atoms with E-state index in [9.17, 15) is 9.59 Å². The Morgan fingerprint density at radius 3 is 2.37 bits per heavy atom. The highest BCUT2D eigenvalue weighted by atomic mass is 32.1. The van der Waals surface area contributed by atoms with Crippen LogP contribution in [0.2, 0.25) is 0 Å². The molecule has 1 N–H and O–H groups in total. The summed E-state index contributed by atoms with van der Waals surface area (Å²) in [6, 6.07) is 0. The minimum Gasteiger partial charge on any atom is -0.302 e. The second-order valence-corrected chi connectivity index (χ2v) is 7.92. The Balaban J connectivity index is 1.54. The second-order valence-electron chi connectivity index (χ2n) is 7.53. The summed E-state index contributed by atoms with van der Waals surface area (Å²) < 4.78 is 0. The third-order valence-corrected chi connectivity index (χ3v) is 5.86. The van der Waals surface area contributed by atoms with Crippen molar-refractivity contribution >= 4 is 35.4 Å². The van der Waals surface area contributed by atoms with Crippen molar-refractivity contribution in [3.63, 3.8) is 0 Å². The molecule has 0 aromatic carbocycles. The predicted octanol–water partition coefficient (Wildman–Crippen LogP) is 3.70. The Hall–Kier alpha value is -1.82. The number of hydrogen-bond donors (Lipinski definition) is 1. The van der Waals surface area contributed by atoms with Gasteiger partial charge in [-0.2, -0.15) is 0 Å². The summed E-state index contributed by atoms with van der Waals surface area (Å²) >= 11 is 5.22. The molecule has 0 saturated carbocycles. The van der Waals surface area contributed by atoms with Gasteiger partial charge in [0.05, 0.1) is 0 Å². The van der Waals surface area contributed by atoms with Crippen LogP contribution in [0.15, 0.2) is 28.3 Å². The monoisotopic (exact) mass is 387 g/mol. The average Bonchev–Trinajstić information content (AvgIpc) is 2.68. The summed E-state index contributed by atoms with van der Waals surface area (Å²) in [7, 11) is 0. The Morgan fingerprint density at radius 2 is 1.74 bits per heavy atom. The van der Waals surface area contributed by atoms with Gasteiger partial charge in [0.2, 0.25) is 11.8 Å². The van der Waals surface area contributed by atoms with Gasteiger partial charge in [0.1, 0.15) is 0 Å². The van der Waals surface area contributed by atoms with Crippen molar-refractivity contribution in [2.45, 2.75) is 64.2 Å². The number of thiocarbonyl (C=S) groups is 1. The van der Waals surface area contributed by atoms with Crippen molar-refractivity contribution in [3.8, 4) is 0 Å². The SMILES string of the molecule is O=C1NC(=S)N(CCC2=CCCCC2)C(=O)C1C=NCCC1=CCCCC1. The summed E-state index contributed by atoms with van der Waals surface area (Å²) in [5.41, 5.74) is 2.83.